The molecule has 0 unspecified atom stereocenters. The fraction of sp³-hybridized carbons (Fsp3) is 0.0769. The molecule has 0 amide bonds. The molecule has 2 aromatic carbocycles. The zero-order valence-corrected chi connectivity index (χ0v) is 16.3. The summed E-state index contributed by atoms with van der Waals surface area (Å²) in [5.74, 6) is 0. The Labute approximate surface area is 166 Å². The third-order valence-corrected chi connectivity index (χ3v) is 4.30. The normalized spacial score (nSPS) is 10.5. The van der Waals surface area contributed by atoms with Crippen molar-refractivity contribution in [1.82, 2.24) is 9.97 Å². The number of rotatable bonds is 3. The summed E-state index contributed by atoms with van der Waals surface area (Å²) in [5.41, 5.74) is 6.80. The van der Waals surface area contributed by atoms with Crippen molar-refractivity contribution in [3.63, 3.8) is 0 Å². The SMILES string of the molecule is C=C/C=C\C.Cc1cc(-c2ccc3ncccc3c2)cc(-c2ccccn2)c1. The molecule has 2 aromatic heterocycles. The van der Waals surface area contributed by atoms with Crippen LogP contribution in [0.5, 0.6) is 0 Å². The molecular weight excluding hydrogens is 340 g/mol. The second-order valence-electron chi connectivity index (χ2n) is 6.48. The zero-order valence-electron chi connectivity index (χ0n) is 16.3. The molecule has 4 rings (SSSR count). The molecule has 0 saturated carbocycles. The second kappa shape index (κ2) is 9.43. The lowest BCUT2D eigenvalue weighted by Crippen LogP contribution is -1.87. The molecule has 0 aliphatic rings. The lowest BCUT2D eigenvalue weighted by Gasteiger charge is -2.09. The van der Waals surface area contributed by atoms with Crippen LogP contribution in [-0.2, 0) is 0 Å². The summed E-state index contributed by atoms with van der Waals surface area (Å²) < 4.78 is 0. The van der Waals surface area contributed by atoms with Crippen LogP contribution in [0.2, 0.25) is 0 Å². The summed E-state index contributed by atoms with van der Waals surface area (Å²) >= 11 is 0. The number of nitrogens with zero attached hydrogens (tertiary/aromatic N) is 2. The summed E-state index contributed by atoms with van der Waals surface area (Å²) in [5, 5.41) is 1.16. The van der Waals surface area contributed by atoms with Crippen LogP contribution in [0.25, 0.3) is 33.3 Å². The smallest absolute Gasteiger partial charge is 0.0702 e. The highest BCUT2D eigenvalue weighted by Crippen LogP contribution is 2.28. The molecule has 0 atom stereocenters. The van der Waals surface area contributed by atoms with Crippen molar-refractivity contribution in [2.45, 2.75) is 13.8 Å². The predicted octanol–water partition coefficient (Wildman–Crippen LogP) is 7.02. The average molecular weight is 364 g/mol. The van der Waals surface area contributed by atoms with Gasteiger partial charge >= 0.3 is 0 Å². The number of aromatic nitrogens is 2. The van der Waals surface area contributed by atoms with Gasteiger partial charge in [0, 0.05) is 23.3 Å². The average Bonchev–Trinajstić information content (AvgIpc) is 2.74. The van der Waals surface area contributed by atoms with E-state index >= 15 is 0 Å². The maximum absolute atomic E-state index is 4.46. The molecular formula is C26H24N2. The monoisotopic (exact) mass is 364 g/mol. The number of pyridine rings is 2. The third-order valence-electron chi connectivity index (χ3n) is 4.30. The lowest BCUT2D eigenvalue weighted by molar-refractivity contribution is 1.32. The van der Waals surface area contributed by atoms with Gasteiger partial charge in [0.1, 0.15) is 0 Å². The molecule has 0 fully saturated rings. The Hall–Kier alpha value is -3.52. The first-order chi connectivity index (χ1) is 13.7. The highest BCUT2D eigenvalue weighted by molar-refractivity contribution is 5.85. The van der Waals surface area contributed by atoms with Gasteiger partial charge in [0.2, 0.25) is 0 Å². The van der Waals surface area contributed by atoms with Gasteiger partial charge in [-0.2, -0.15) is 0 Å². The summed E-state index contributed by atoms with van der Waals surface area (Å²) in [4.78, 5) is 8.85. The standard InChI is InChI=1S/C21H16N2.C5H8/c1-15-11-18(14-19(12-15)20-6-2-3-9-22-20)16-7-8-21-17(13-16)5-4-10-23-21;1-3-5-4-2/h2-14H,1H3;3-5H,1H2,2H3/b;5-4-. The minimum atomic E-state index is 1.000. The summed E-state index contributed by atoms with van der Waals surface area (Å²) in [7, 11) is 0. The Bertz CT molecular complexity index is 1100. The molecule has 0 N–H and O–H groups in total. The van der Waals surface area contributed by atoms with Crippen LogP contribution in [0.1, 0.15) is 12.5 Å². The topological polar surface area (TPSA) is 25.8 Å². The maximum Gasteiger partial charge on any atom is 0.0702 e. The first kappa shape index (κ1) is 19.2. The van der Waals surface area contributed by atoms with E-state index in [1.54, 1.807) is 6.08 Å². The molecule has 4 aromatic rings. The fourth-order valence-corrected chi connectivity index (χ4v) is 3.02. The van der Waals surface area contributed by atoms with E-state index < -0.39 is 0 Å². The molecule has 0 spiro atoms. The van der Waals surface area contributed by atoms with Gasteiger partial charge in [-0.1, -0.05) is 49.1 Å². The number of benzene rings is 2. The van der Waals surface area contributed by atoms with E-state index in [4.69, 9.17) is 0 Å². The molecule has 2 heteroatoms. The highest BCUT2D eigenvalue weighted by Gasteiger charge is 2.05. The molecule has 0 bridgehead atoms. The van der Waals surface area contributed by atoms with Gasteiger partial charge in [0.25, 0.3) is 0 Å². The summed E-state index contributed by atoms with van der Waals surface area (Å²) in [6, 6.07) is 23.1. The number of aryl methyl sites for hydroxylation is 1. The van der Waals surface area contributed by atoms with E-state index in [2.05, 4.69) is 65.9 Å². The molecule has 0 aliphatic carbocycles. The molecule has 138 valence electrons. The van der Waals surface area contributed by atoms with Crippen LogP contribution in [-0.4, -0.2) is 9.97 Å². The third kappa shape index (κ3) is 4.80. The van der Waals surface area contributed by atoms with E-state index in [9.17, 15) is 0 Å². The minimum Gasteiger partial charge on any atom is -0.256 e. The number of allylic oxidation sites excluding steroid dienone is 3. The van der Waals surface area contributed by atoms with Gasteiger partial charge in [-0.3, -0.25) is 9.97 Å². The fourth-order valence-electron chi connectivity index (χ4n) is 3.02. The van der Waals surface area contributed by atoms with Gasteiger partial charge in [0.05, 0.1) is 11.2 Å². The Balaban J connectivity index is 0.000000403. The van der Waals surface area contributed by atoms with Crippen LogP contribution >= 0.6 is 0 Å². The van der Waals surface area contributed by atoms with Gasteiger partial charge in [0.15, 0.2) is 0 Å². The largest absolute Gasteiger partial charge is 0.256 e. The van der Waals surface area contributed by atoms with E-state index in [0.717, 1.165) is 22.2 Å². The minimum absolute atomic E-state index is 1.000. The maximum atomic E-state index is 4.46. The van der Waals surface area contributed by atoms with E-state index in [0.29, 0.717) is 0 Å². The summed E-state index contributed by atoms with van der Waals surface area (Å²) in [6.45, 7) is 7.55. The van der Waals surface area contributed by atoms with Gasteiger partial charge in [-0.05, 0) is 73.0 Å². The Morgan fingerprint density at radius 1 is 0.786 bits per heavy atom. The summed E-state index contributed by atoms with van der Waals surface area (Å²) in [6.07, 6.45) is 9.24. The number of hydrogen-bond donors (Lipinski definition) is 0. The van der Waals surface area contributed by atoms with Gasteiger partial charge < -0.3 is 0 Å². The first-order valence-corrected chi connectivity index (χ1v) is 9.33. The van der Waals surface area contributed by atoms with Crippen molar-refractivity contribution >= 4 is 10.9 Å². The molecule has 0 aliphatic heterocycles. The zero-order chi connectivity index (χ0) is 19.8. The van der Waals surface area contributed by atoms with Crippen molar-refractivity contribution in [2.75, 3.05) is 0 Å². The molecule has 28 heavy (non-hydrogen) atoms. The van der Waals surface area contributed by atoms with E-state index in [1.165, 1.54) is 16.7 Å². The van der Waals surface area contributed by atoms with E-state index in [-0.39, 0.29) is 0 Å². The van der Waals surface area contributed by atoms with Crippen LogP contribution in [0.15, 0.2) is 104 Å². The Morgan fingerprint density at radius 3 is 2.32 bits per heavy atom. The van der Waals surface area contributed by atoms with Crippen LogP contribution < -0.4 is 0 Å². The van der Waals surface area contributed by atoms with Gasteiger partial charge in [-0.25, -0.2) is 0 Å². The molecule has 0 saturated heterocycles. The van der Waals surface area contributed by atoms with Crippen molar-refractivity contribution in [3.8, 4) is 22.4 Å². The van der Waals surface area contributed by atoms with Gasteiger partial charge in [-0.15, -0.1) is 0 Å². The predicted molar refractivity (Wildman–Crippen MR) is 120 cm³/mol. The van der Waals surface area contributed by atoms with Crippen LogP contribution in [0, 0.1) is 6.92 Å². The second-order valence-corrected chi connectivity index (χ2v) is 6.48. The lowest BCUT2D eigenvalue weighted by atomic mass is 9.97. The Kier molecular flexibility index (Phi) is 6.48. The number of fused-ring (bicyclic) bond motifs is 1. The Morgan fingerprint density at radius 2 is 1.61 bits per heavy atom. The van der Waals surface area contributed by atoms with Crippen molar-refractivity contribution in [1.29, 1.82) is 0 Å². The molecule has 2 nitrogen and oxygen atoms in total. The highest BCUT2D eigenvalue weighted by atomic mass is 14.7. The van der Waals surface area contributed by atoms with Crippen molar-refractivity contribution in [2.24, 2.45) is 0 Å². The molecule has 2 heterocycles. The van der Waals surface area contributed by atoms with Crippen LogP contribution in [0.3, 0.4) is 0 Å². The van der Waals surface area contributed by atoms with Crippen molar-refractivity contribution in [3.05, 3.63) is 109 Å². The van der Waals surface area contributed by atoms with Crippen molar-refractivity contribution < 1.29 is 0 Å². The first-order valence-electron chi connectivity index (χ1n) is 9.33. The quantitative estimate of drug-likeness (QED) is 0.365. The van der Waals surface area contributed by atoms with Crippen LogP contribution in [0.4, 0.5) is 0 Å². The molecule has 0 radical (unpaired) electrons. The van der Waals surface area contributed by atoms with E-state index in [1.807, 2.05) is 55.7 Å². The number of hydrogen-bond acceptors (Lipinski definition) is 2.